The van der Waals surface area contributed by atoms with E-state index >= 15 is 0 Å². The van der Waals surface area contributed by atoms with E-state index in [0.29, 0.717) is 12.0 Å². The minimum Gasteiger partial charge on any atom is -0.493 e. The van der Waals surface area contributed by atoms with E-state index in [0.717, 1.165) is 36.5 Å². The summed E-state index contributed by atoms with van der Waals surface area (Å²) in [6, 6.07) is 7.88. The van der Waals surface area contributed by atoms with Gasteiger partial charge in [0.15, 0.2) is 0 Å². The number of benzene rings is 1. The van der Waals surface area contributed by atoms with Crippen molar-refractivity contribution in [3.63, 3.8) is 0 Å². The lowest BCUT2D eigenvalue weighted by Gasteiger charge is -2.06. The van der Waals surface area contributed by atoms with Crippen LogP contribution in [0.25, 0.3) is 6.08 Å². The number of ether oxygens (including phenoxy) is 1. The summed E-state index contributed by atoms with van der Waals surface area (Å²) < 4.78 is 5.53. The van der Waals surface area contributed by atoms with Gasteiger partial charge in [0, 0.05) is 12.6 Å². The molecule has 110 valence electrons. The molecule has 0 bridgehead atoms. The molecule has 0 fully saturated rings. The molecule has 1 aromatic carbocycles. The molecule has 22 heavy (non-hydrogen) atoms. The molecule has 0 unspecified atom stereocenters. The van der Waals surface area contributed by atoms with Gasteiger partial charge >= 0.3 is 5.97 Å². The Kier molecular flexibility index (Phi) is 2.96. The maximum atomic E-state index is 11.3. The summed E-state index contributed by atoms with van der Waals surface area (Å²) in [5.74, 6) is 0.102. The molecule has 0 spiro atoms. The summed E-state index contributed by atoms with van der Waals surface area (Å²) in [4.78, 5) is 15.6. The Morgan fingerprint density at radius 3 is 3.09 bits per heavy atom. The highest BCUT2D eigenvalue weighted by atomic mass is 16.5. The molecule has 0 atom stereocenters. The Hall–Kier alpha value is -2.62. The highest BCUT2D eigenvalue weighted by Crippen LogP contribution is 2.31. The van der Waals surface area contributed by atoms with Crippen molar-refractivity contribution in [2.45, 2.75) is 19.3 Å². The Bertz CT molecular complexity index is 808. The molecular formula is C18H15NO3. The lowest BCUT2D eigenvalue weighted by Crippen LogP contribution is -2.03. The van der Waals surface area contributed by atoms with E-state index < -0.39 is 5.97 Å². The number of fused-ring (bicyclic) bond motifs is 2. The van der Waals surface area contributed by atoms with Crippen molar-refractivity contribution in [3.8, 4) is 5.75 Å². The van der Waals surface area contributed by atoms with Crippen molar-refractivity contribution >= 4 is 12.0 Å². The predicted octanol–water partition coefficient (Wildman–Crippen LogP) is 2.90. The van der Waals surface area contributed by atoms with Crippen LogP contribution in [0.2, 0.25) is 0 Å². The first-order valence-electron chi connectivity index (χ1n) is 7.36. The second-order valence-corrected chi connectivity index (χ2v) is 5.72. The van der Waals surface area contributed by atoms with Gasteiger partial charge in [0.1, 0.15) is 5.75 Å². The van der Waals surface area contributed by atoms with Crippen molar-refractivity contribution in [1.29, 1.82) is 0 Å². The number of allylic oxidation sites excluding steroid dienone is 1. The molecule has 0 radical (unpaired) electrons. The molecule has 0 saturated carbocycles. The number of carboxylic acid groups (broad SMARTS) is 1. The lowest BCUT2D eigenvalue weighted by atomic mass is 9.99. The number of aromatic nitrogens is 1. The number of hydrogen-bond donors (Lipinski definition) is 1. The zero-order chi connectivity index (χ0) is 15.1. The van der Waals surface area contributed by atoms with Crippen LogP contribution in [-0.4, -0.2) is 22.7 Å². The van der Waals surface area contributed by atoms with Gasteiger partial charge in [-0.1, -0.05) is 17.7 Å². The van der Waals surface area contributed by atoms with Crippen LogP contribution in [0.5, 0.6) is 5.75 Å². The van der Waals surface area contributed by atoms with E-state index in [1.807, 2.05) is 12.1 Å². The van der Waals surface area contributed by atoms with Gasteiger partial charge in [0.25, 0.3) is 0 Å². The number of aromatic carboxylic acids is 1. The Labute approximate surface area is 128 Å². The van der Waals surface area contributed by atoms with Crippen molar-refractivity contribution in [2.75, 3.05) is 6.61 Å². The summed E-state index contributed by atoms with van der Waals surface area (Å²) in [6.45, 7) is 0.763. The largest absolute Gasteiger partial charge is 0.493 e. The van der Waals surface area contributed by atoms with E-state index in [-0.39, 0.29) is 0 Å². The van der Waals surface area contributed by atoms with Crippen LogP contribution in [0.15, 0.2) is 36.0 Å². The van der Waals surface area contributed by atoms with E-state index in [4.69, 9.17) is 4.74 Å². The van der Waals surface area contributed by atoms with Crippen LogP contribution in [0.1, 0.15) is 32.7 Å². The van der Waals surface area contributed by atoms with Crippen LogP contribution in [0, 0.1) is 0 Å². The van der Waals surface area contributed by atoms with Crippen molar-refractivity contribution in [1.82, 2.24) is 4.98 Å². The highest BCUT2D eigenvalue weighted by molar-refractivity contribution is 5.91. The Morgan fingerprint density at radius 1 is 1.32 bits per heavy atom. The van der Waals surface area contributed by atoms with E-state index in [2.05, 4.69) is 17.1 Å². The van der Waals surface area contributed by atoms with E-state index in [1.54, 1.807) is 12.3 Å². The minimum atomic E-state index is -0.886. The number of carboxylic acids is 1. The first-order chi connectivity index (χ1) is 10.7. The van der Waals surface area contributed by atoms with Crippen molar-refractivity contribution in [2.24, 2.45) is 0 Å². The van der Waals surface area contributed by atoms with E-state index in [9.17, 15) is 9.90 Å². The van der Waals surface area contributed by atoms with Crippen LogP contribution >= 0.6 is 0 Å². The second kappa shape index (κ2) is 4.98. The maximum absolute atomic E-state index is 11.3. The number of hydrogen-bond acceptors (Lipinski definition) is 3. The van der Waals surface area contributed by atoms with Gasteiger partial charge < -0.3 is 9.84 Å². The first-order valence-corrected chi connectivity index (χ1v) is 7.36. The van der Waals surface area contributed by atoms with Gasteiger partial charge in [-0.2, -0.15) is 0 Å². The summed E-state index contributed by atoms with van der Waals surface area (Å²) in [5, 5.41) is 9.27. The molecule has 0 amide bonds. The molecule has 1 aliphatic carbocycles. The fourth-order valence-corrected chi connectivity index (χ4v) is 3.22. The number of pyridine rings is 1. The van der Waals surface area contributed by atoms with Crippen LogP contribution < -0.4 is 4.74 Å². The lowest BCUT2D eigenvalue weighted by molar-refractivity contribution is 0.0695. The van der Waals surface area contributed by atoms with Crippen LogP contribution in [-0.2, 0) is 19.3 Å². The molecular weight excluding hydrogens is 278 g/mol. The molecule has 1 aliphatic heterocycles. The minimum absolute atomic E-state index is 0.360. The Balaban J connectivity index is 1.59. The summed E-state index contributed by atoms with van der Waals surface area (Å²) in [6.07, 6.45) is 6.04. The van der Waals surface area contributed by atoms with Crippen molar-refractivity contribution < 1.29 is 14.6 Å². The number of nitrogens with zero attached hydrogens (tertiary/aromatic N) is 1. The normalized spacial score (nSPS) is 15.0. The van der Waals surface area contributed by atoms with Gasteiger partial charge in [0.05, 0.1) is 17.9 Å². The standard InChI is InChI=1S/C18H15NO3/c20-18(21)14-3-5-19-16-10-12(9-15(14)16)7-11-1-2-17-13(8-11)4-6-22-17/h1-3,5,8,10H,4,6-7,9H2,(H,20,21). The van der Waals surface area contributed by atoms with E-state index in [1.165, 1.54) is 16.7 Å². The monoisotopic (exact) mass is 293 g/mol. The predicted molar refractivity (Wildman–Crippen MR) is 82.2 cm³/mol. The molecule has 2 aliphatic rings. The molecule has 1 N–H and O–H groups in total. The van der Waals surface area contributed by atoms with Gasteiger partial charge in [-0.05, 0) is 47.7 Å². The molecule has 4 rings (SSSR count). The van der Waals surface area contributed by atoms with Crippen molar-refractivity contribution in [3.05, 3.63) is 64.0 Å². The topological polar surface area (TPSA) is 59.4 Å². The fraction of sp³-hybridized carbons (Fsp3) is 0.222. The zero-order valence-electron chi connectivity index (χ0n) is 12.0. The number of carbonyl (C=O) groups is 1. The van der Waals surface area contributed by atoms with Gasteiger partial charge in [-0.3, -0.25) is 4.98 Å². The van der Waals surface area contributed by atoms with Gasteiger partial charge in [-0.25, -0.2) is 4.79 Å². The molecule has 2 aromatic rings. The second-order valence-electron chi connectivity index (χ2n) is 5.72. The molecule has 0 saturated heterocycles. The van der Waals surface area contributed by atoms with Gasteiger partial charge in [-0.15, -0.1) is 0 Å². The van der Waals surface area contributed by atoms with Crippen LogP contribution in [0.3, 0.4) is 0 Å². The molecule has 2 heterocycles. The quantitative estimate of drug-likeness (QED) is 0.945. The van der Waals surface area contributed by atoms with Crippen LogP contribution in [0.4, 0.5) is 0 Å². The Morgan fingerprint density at radius 2 is 2.23 bits per heavy atom. The highest BCUT2D eigenvalue weighted by Gasteiger charge is 2.21. The third-order valence-corrected chi connectivity index (χ3v) is 4.25. The summed E-state index contributed by atoms with van der Waals surface area (Å²) in [7, 11) is 0. The molecule has 1 aromatic heterocycles. The molecule has 4 heteroatoms. The SMILES string of the molecule is O=C(O)c1ccnc2c1CC(Cc1ccc3c(c1)CCO3)=C2. The van der Waals surface area contributed by atoms with Gasteiger partial charge in [0.2, 0.25) is 0 Å². The smallest absolute Gasteiger partial charge is 0.336 e. The summed E-state index contributed by atoms with van der Waals surface area (Å²) in [5.41, 5.74) is 5.68. The third-order valence-electron chi connectivity index (χ3n) is 4.25. The molecule has 4 nitrogen and oxygen atoms in total. The average Bonchev–Trinajstić information content (AvgIpc) is 3.11. The first kappa shape index (κ1) is 13.1. The summed E-state index contributed by atoms with van der Waals surface area (Å²) >= 11 is 0. The zero-order valence-corrected chi connectivity index (χ0v) is 12.0. The fourth-order valence-electron chi connectivity index (χ4n) is 3.22. The maximum Gasteiger partial charge on any atom is 0.336 e. The average molecular weight is 293 g/mol. The number of rotatable bonds is 3. The third kappa shape index (κ3) is 2.17.